The first kappa shape index (κ1) is 17.2. The van der Waals surface area contributed by atoms with Crippen molar-refractivity contribution in [3.8, 4) is 17.2 Å². The molecular weight excluding hydrogens is 316 g/mol. The summed E-state index contributed by atoms with van der Waals surface area (Å²) < 4.78 is 11.1. The molecule has 2 aromatic carbocycles. The molecular formula is C20H22N2O3. The Morgan fingerprint density at radius 1 is 1.16 bits per heavy atom. The van der Waals surface area contributed by atoms with Crippen LogP contribution in [0.3, 0.4) is 0 Å². The third-order valence-electron chi connectivity index (χ3n) is 3.87. The molecule has 0 aliphatic rings. The van der Waals surface area contributed by atoms with E-state index in [4.69, 9.17) is 9.26 Å². The average Bonchev–Trinajstić information content (AvgIpc) is 3.11. The highest BCUT2D eigenvalue weighted by Crippen LogP contribution is 2.25. The number of ether oxygens (including phenoxy) is 1. The summed E-state index contributed by atoms with van der Waals surface area (Å²) >= 11 is 0. The summed E-state index contributed by atoms with van der Waals surface area (Å²) in [5.41, 5.74) is 3.09. The number of aryl methyl sites for hydroxylation is 1. The van der Waals surface area contributed by atoms with Crippen molar-refractivity contribution >= 4 is 0 Å². The number of hydrogen-bond acceptors (Lipinski definition) is 5. The van der Waals surface area contributed by atoms with Crippen LogP contribution in [-0.4, -0.2) is 15.2 Å². The van der Waals surface area contributed by atoms with Gasteiger partial charge in [0, 0.05) is 5.56 Å². The number of aliphatic hydroxyl groups is 1. The molecule has 1 atom stereocenters. The molecule has 1 aromatic heterocycles. The van der Waals surface area contributed by atoms with E-state index in [0.29, 0.717) is 24.7 Å². The minimum Gasteiger partial charge on any atom is -0.489 e. The molecule has 0 fully saturated rings. The van der Waals surface area contributed by atoms with Gasteiger partial charge in [-0.3, -0.25) is 0 Å². The second-order valence-electron chi connectivity index (χ2n) is 6.07. The van der Waals surface area contributed by atoms with Gasteiger partial charge < -0.3 is 14.4 Å². The van der Waals surface area contributed by atoms with Gasteiger partial charge in [0.15, 0.2) is 0 Å². The normalized spacial score (nSPS) is 12.1. The van der Waals surface area contributed by atoms with Crippen LogP contribution in [0.15, 0.2) is 53.1 Å². The van der Waals surface area contributed by atoms with E-state index in [9.17, 15) is 5.11 Å². The van der Waals surface area contributed by atoms with E-state index >= 15 is 0 Å². The highest BCUT2D eigenvalue weighted by molar-refractivity contribution is 5.55. The molecule has 0 saturated carbocycles. The van der Waals surface area contributed by atoms with Gasteiger partial charge in [0.05, 0.1) is 0 Å². The van der Waals surface area contributed by atoms with E-state index in [1.54, 1.807) is 0 Å². The first-order chi connectivity index (χ1) is 12.2. The molecule has 0 spiro atoms. The largest absolute Gasteiger partial charge is 0.489 e. The molecule has 0 aliphatic carbocycles. The fraction of sp³-hybridized carbons (Fsp3) is 0.300. The third-order valence-corrected chi connectivity index (χ3v) is 3.87. The van der Waals surface area contributed by atoms with Crippen LogP contribution >= 0.6 is 0 Å². The van der Waals surface area contributed by atoms with E-state index < -0.39 is 6.10 Å². The molecule has 130 valence electrons. The Bertz CT molecular complexity index is 829. The number of hydrogen-bond donors (Lipinski definition) is 1. The standard InChI is InChI=1S/C20H22N2O3/c1-3-6-18(23)19-21-20(25-22-19)16-9-5-10-17(12-16)24-13-15-8-4-7-14(2)11-15/h4-5,7-12,18,23H,3,6,13H2,1-2H3/t18-/m0/s1. The van der Waals surface area contributed by atoms with Crippen molar-refractivity contribution in [2.45, 2.75) is 39.4 Å². The number of nitrogens with zero attached hydrogens (tertiary/aromatic N) is 2. The van der Waals surface area contributed by atoms with Crippen molar-refractivity contribution < 1.29 is 14.4 Å². The highest BCUT2D eigenvalue weighted by Gasteiger charge is 2.16. The van der Waals surface area contributed by atoms with Crippen molar-refractivity contribution in [3.05, 3.63) is 65.5 Å². The number of benzene rings is 2. The van der Waals surface area contributed by atoms with Gasteiger partial charge in [-0.15, -0.1) is 0 Å². The fourth-order valence-corrected chi connectivity index (χ4v) is 2.58. The van der Waals surface area contributed by atoms with Gasteiger partial charge in [-0.2, -0.15) is 4.98 Å². The SMILES string of the molecule is CCC[C@H](O)c1noc(-c2cccc(OCc3cccc(C)c3)c2)n1. The van der Waals surface area contributed by atoms with Gasteiger partial charge in [0.25, 0.3) is 5.89 Å². The summed E-state index contributed by atoms with van der Waals surface area (Å²) in [6, 6.07) is 15.7. The second kappa shape index (κ2) is 7.94. The molecule has 0 saturated heterocycles. The van der Waals surface area contributed by atoms with Crippen LogP contribution in [0, 0.1) is 6.92 Å². The van der Waals surface area contributed by atoms with Gasteiger partial charge in [-0.1, -0.05) is 54.4 Å². The fourth-order valence-electron chi connectivity index (χ4n) is 2.58. The number of rotatable bonds is 7. The van der Waals surface area contributed by atoms with E-state index in [0.717, 1.165) is 23.3 Å². The maximum atomic E-state index is 9.96. The Balaban J connectivity index is 1.71. The summed E-state index contributed by atoms with van der Waals surface area (Å²) in [5, 5.41) is 13.8. The highest BCUT2D eigenvalue weighted by atomic mass is 16.5. The zero-order chi connectivity index (χ0) is 17.6. The summed E-state index contributed by atoms with van der Waals surface area (Å²) in [5.74, 6) is 1.43. The van der Waals surface area contributed by atoms with Crippen LogP contribution in [0.2, 0.25) is 0 Å². The lowest BCUT2D eigenvalue weighted by Gasteiger charge is -2.07. The Kier molecular flexibility index (Phi) is 5.46. The van der Waals surface area contributed by atoms with Crippen LogP contribution in [-0.2, 0) is 6.61 Å². The summed E-state index contributed by atoms with van der Waals surface area (Å²) in [6.45, 7) is 4.55. The Morgan fingerprint density at radius 2 is 2.00 bits per heavy atom. The Hall–Kier alpha value is -2.66. The maximum absolute atomic E-state index is 9.96. The molecule has 1 heterocycles. The van der Waals surface area contributed by atoms with Crippen molar-refractivity contribution in [1.82, 2.24) is 10.1 Å². The van der Waals surface area contributed by atoms with Gasteiger partial charge in [0.2, 0.25) is 5.82 Å². The first-order valence-electron chi connectivity index (χ1n) is 8.46. The van der Waals surface area contributed by atoms with E-state index in [1.165, 1.54) is 5.56 Å². The lowest BCUT2D eigenvalue weighted by molar-refractivity contribution is 0.153. The number of aromatic nitrogens is 2. The van der Waals surface area contributed by atoms with Crippen LogP contribution in [0.25, 0.3) is 11.5 Å². The zero-order valence-electron chi connectivity index (χ0n) is 14.5. The summed E-state index contributed by atoms with van der Waals surface area (Å²) in [7, 11) is 0. The summed E-state index contributed by atoms with van der Waals surface area (Å²) in [4.78, 5) is 4.29. The topological polar surface area (TPSA) is 68.4 Å². The van der Waals surface area contributed by atoms with Gasteiger partial charge in [-0.25, -0.2) is 0 Å². The van der Waals surface area contributed by atoms with E-state index in [2.05, 4.69) is 29.2 Å². The van der Waals surface area contributed by atoms with Crippen LogP contribution in [0.4, 0.5) is 0 Å². The third kappa shape index (κ3) is 4.45. The quantitative estimate of drug-likeness (QED) is 0.689. The van der Waals surface area contributed by atoms with E-state index in [-0.39, 0.29) is 0 Å². The number of aliphatic hydroxyl groups excluding tert-OH is 1. The summed E-state index contributed by atoms with van der Waals surface area (Å²) in [6.07, 6.45) is 0.773. The lowest BCUT2D eigenvalue weighted by Crippen LogP contribution is -1.99. The van der Waals surface area contributed by atoms with Gasteiger partial charge in [0.1, 0.15) is 18.5 Å². The van der Waals surface area contributed by atoms with E-state index in [1.807, 2.05) is 43.3 Å². The minimum atomic E-state index is -0.691. The monoisotopic (exact) mass is 338 g/mol. The Labute approximate surface area is 147 Å². The molecule has 3 rings (SSSR count). The molecule has 0 unspecified atom stereocenters. The first-order valence-corrected chi connectivity index (χ1v) is 8.46. The molecule has 1 N–H and O–H groups in total. The second-order valence-corrected chi connectivity index (χ2v) is 6.07. The molecule has 0 radical (unpaired) electrons. The van der Waals surface area contributed by atoms with Crippen LogP contribution in [0.5, 0.6) is 5.75 Å². The molecule has 0 amide bonds. The van der Waals surface area contributed by atoms with Crippen molar-refractivity contribution in [2.24, 2.45) is 0 Å². The predicted molar refractivity (Wildman–Crippen MR) is 95.1 cm³/mol. The molecule has 0 aliphatic heterocycles. The maximum Gasteiger partial charge on any atom is 0.258 e. The smallest absolute Gasteiger partial charge is 0.258 e. The van der Waals surface area contributed by atoms with Gasteiger partial charge in [-0.05, 0) is 37.1 Å². The molecule has 3 aromatic rings. The molecule has 25 heavy (non-hydrogen) atoms. The Morgan fingerprint density at radius 3 is 2.80 bits per heavy atom. The van der Waals surface area contributed by atoms with Crippen molar-refractivity contribution in [2.75, 3.05) is 0 Å². The van der Waals surface area contributed by atoms with Crippen molar-refractivity contribution in [3.63, 3.8) is 0 Å². The van der Waals surface area contributed by atoms with Crippen LogP contribution in [0.1, 0.15) is 42.8 Å². The molecule has 5 heteroatoms. The lowest BCUT2D eigenvalue weighted by atomic mass is 10.1. The minimum absolute atomic E-state index is 0.322. The van der Waals surface area contributed by atoms with Crippen LogP contribution < -0.4 is 4.74 Å². The van der Waals surface area contributed by atoms with Crippen molar-refractivity contribution in [1.29, 1.82) is 0 Å². The van der Waals surface area contributed by atoms with Gasteiger partial charge >= 0.3 is 0 Å². The zero-order valence-corrected chi connectivity index (χ0v) is 14.5. The average molecular weight is 338 g/mol. The predicted octanol–water partition coefficient (Wildman–Crippen LogP) is 4.46. The molecule has 0 bridgehead atoms. The molecule has 5 nitrogen and oxygen atoms in total.